The van der Waals surface area contributed by atoms with Gasteiger partial charge in [0.2, 0.25) is 11.8 Å². The Morgan fingerprint density at radius 2 is 1.69 bits per heavy atom. The number of anilines is 1. The lowest BCUT2D eigenvalue weighted by atomic mass is 10.1. The predicted molar refractivity (Wildman–Crippen MR) is 103 cm³/mol. The maximum Gasteiger partial charge on any atom is 0.223 e. The van der Waals surface area contributed by atoms with Crippen molar-refractivity contribution >= 4 is 17.5 Å². The van der Waals surface area contributed by atoms with Crippen molar-refractivity contribution in [3.05, 3.63) is 59.7 Å². The highest BCUT2D eigenvalue weighted by molar-refractivity contribution is 5.93. The Bertz CT molecular complexity index is 758. The van der Waals surface area contributed by atoms with Crippen molar-refractivity contribution in [1.82, 2.24) is 5.32 Å². The van der Waals surface area contributed by atoms with E-state index in [0.29, 0.717) is 13.1 Å². The number of carbonyl (C=O) groups is 2. The van der Waals surface area contributed by atoms with Crippen LogP contribution in [-0.2, 0) is 22.6 Å². The molecule has 2 amide bonds. The minimum atomic E-state index is -0.101. The van der Waals surface area contributed by atoms with Crippen LogP contribution in [0.3, 0.4) is 0 Å². The maximum atomic E-state index is 12.2. The molecule has 0 aromatic heterocycles. The van der Waals surface area contributed by atoms with Gasteiger partial charge in [-0.2, -0.15) is 0 Å². The fourth-order valence-corrected chi connectivity index (χ4v) is 2.87. The molecule has 0 aliphatic heterocycles. The molecular weight excluding hydrogens is 328 g/mol. The zero-order valence-electron chi connectivity index (χ0n) is 15.6. The van der Waals surface area contributed by atoms with E-state index in [4.69, 9.17) is 4.74 Å². The number of para-hydroxylation sites is 2. The number of nitrogens with zero attached hydrogens (tertiary/aromatic N) is 1. The second kappa shape index (κ2) is 9.61. The summed E-state index contributed by atoms with van der Waals surface area (Å²) in [6.45, 7) is 4.33. The van der Waals surface area contributed by atoms with Gasteiger partial charge in [-0.3, -0.25) is 9.59 Å². The number of hydrogen-bond acceptors (Lipinski definition) is 3. The molecule has 0 atom stereocenters. The topological polar surface area (TPSA) is 58.6 Å². The normalized spacial score (nSPS) is 10.3. The third-order valence-electron chi connectivity index (χ3n) is 4.27. The SMILES string of the molecule is CCc1ccccc1N(CCC(=O)NCc1ccccc1OC)C(C)=O. The van der Waals surface area contributed by atoms with E-state index in [-0.39, 0.29) is 18.2 Å². The summed E-state index contributed by atoms with van der Waals surface area (Å²) in [6, 6.07) is 15.4. The highest BCUT2D eigenvalue weighted by atomic mass is 16.5. The van der Waals surface area contributed by atoms with Crippen molar-refractivity contribution in [3.8, 4) is 5.75 Å². The highest BCUT2D eigenvalue weighted by Crippen LogP contribution is 2.21. The Morgan fingerprint density at radius 1 is 1.04 bits per heavy atom. The molecule has 0 radical (unpaired) electrons. The Hall–Kier alpha value is -2.82. The second-order valence-electron chi connectivity index (χ2n) is 5.99. The van der Waals surface area contributed by atoms with Crippen molar-refractivity contribution in [2.45, 2.75) is 33.2 Å². The Kier molecular flexibility index (Phi) is 7.21. The van der Waals surface area contributed by atoms with Crippen LogP contribution >= 0.6 is 0 Å². The van der Waals surface area contributed by atoms with Gasteiger partial charge in [-0.1, -0.05) is 43.3 Å². The van der Waals surface area contributed by atoms with Gasteiger partial charge in [0, 0.05) is 37.7 Å². The van der Waals surface area contributed by atoms with Gasteiger partial charge in [-0.15, -0.1) is 0 Å². The number of methoxy groups -OCH3 is 1. The number of carbonyl (C=O) groups excluding carboxylic acids is 2. The van der Waals surface area contributed by atoms with Gasteiger partial charge in [-0.05, 0) is 24.1 Å². The standard InChI is InChI=1S/C21H26N2O3/c1-4-17-9-5-7-11-19(17)23(16(2)24)14-13-21(25)22-15-18-10-6-8-12-20(18)26-3/h5-12H,4,13-15H2,1-3H3,(H,22,25). The van der Waals surface area contributed by atoms with Crippen molar-refractivity contribution in [1.29, 1.82) is 0 Å². The fourth-order valence-electron chi connectivity index (χ4n) is 2.87. The van der Waals surface area contributed by atoms with Crippen LogP contribution in [0.4, 0.5) is 5.69 Å². The van der Waals surface area contributed by atoms with Crippen LogP contribution in [0.2, 0.25) is 0 Å². The predicted octanol–water partition coefficient (Wildman–Crippen LogP) is 3.32. The summed E-state index contributed by atoms with van der Waals surface area (Å²) in [5.41, 5.74) is 2.89. The Balaban J connectivity index is 1.96. The molecule has 138 valence electrons. The molecule has 0 unspecified atom stereocenters. The highest BCUT2D eigenvalue weighted by Gasteiger charge is 2.16. The molecule has 5 nitrogen and oxygen atoms in total. The van der Waals surface area contributed by atoms with E-state index in [0.717, 1.165) is 29.0 Å². The van der Waals surface area contributed by atoms with E-state index in [1.54, 1.807) is 12.0 Å². The summed E-state index contributed by atoms with van der Waals surface area (Å²) in [7, 11) is 1.61. The number of aryl methyl sites for hydroxylation is 1. The molecule has 2 aromatic carbocycles. The summed E-state index contributed by atoms with van der Waals surface area (Å²) in [6.07, 6.45) is 1.08. The molecular formula is C21H26N2O3. The minimum absolute atomic E-state index is 0.0663. The summed E-state index contributed by atoms with van der Waals surface area (Å²) >= 11 is 0. The fraction of sp³-hybridized carbons (Fsp3) is 0.333. The van der Waals surface area contributed by atoms with E-state index in [2.05, 4.69) is 12.2 Å². The van der Waals surface area contributed by atoms with Gasteiger partial charge in [0.25, 0.3) is 0 Å². The minimum Gasteiger partial charge on any atom is -0.496 e. The molecule has 2 rings (SSSR count). The molecule has 2 aromatic rings. The number of hydrogen-bond donors (Lipinski definition) is 1. The Labute approximate surface area is 155 Å². The molecule has 0 bridgehead atoms. The van der Waals surface area contributed by atoms with Crippen LogP contribution in [0.5, 0.6) is 5.75 Å². The maximum absolute atomic E-state index is 12.2. The first kappa shape index (κ1) is 19.5. The van der Waals surface area contributed by atoms with Crippen molar-refractivity contribution in [3.63, 3.8) is 0 Å². The molecule has 0 fully saturated rings. The molecule has 0 saturated heterocycles. The molecule has 0 aliphatic rings. The van der Waals surface area contributed by atoms with Gasteiger partial charge in [-0.25, -0.2) is 0 Å². The van der Waals surface area contributed by atoms with Crippen molar-refractivity contribution in [2.24, 2.45) is 0 Å². The first-order valence-corrected chi connectivity index (χ1v) is 8.81. The number of ether oxygens (including phenoxy) is 1. The van der Waals surface area contributed by atoms with Crippen molar-refractivity contribution < 1.29 is 14.3 Å². The molecule has 0 spiro atoms. The summed E-state index contributed by atoms with van der Waals surface area (Å²) in [5, 5.41) is 2.89. The van der Waals surface area contributed by atoms with Gasteiger partial charge in [0.15, 0.2) is 0 Å². The summed E-state index contributed by atoms with van der Waals surface area (Å²) < 4.78 is 5.29. The van der Waals surface area contributed by atoms with Crippen LogP contribution in [0.15, 0.2) is 48.5 Å². The molecule has 0 saturated carbocycles. The first-order valence-electron chi connectivity index (χ1n) is 8.81. The molecule has 0 aliphatic carbocycles. The van der Waals surface area contributed by atoms with Crippen molar-refractivity contribution in [2.75, 3.05) is 18.6 Å². The summed E-state index contributed by atoms with van der Waals surface area (Å²) in [4.78, 5) is 26.0. The average molecular weight is 354 g/mol. The quantitative estimate of drug-likeness (QED) is 0.791. The van der Waals surface area contributed by atoms with E-state index in [9.17, 15) is 9.59 Å². The smallest absolute Gasteiger partial charge is 0.223 e. The van der Waals surface area contributed by atoms with Crippen LogP contribution in [0.25, 0.3) is 0 Å². The van der Waals surface area contributed by atoms with E-state index < -0.39 is 0 Å². The van der Waals surface area contributed by atoms with Gasteiger partial charge in [0.05, 0.1) is 7.11 Å². The first-order chi connectivity index (χ1) is 12.6. The lowest BCUT2D eigenvalue weighted by Crippen LogP contribution is -2.34. The third kappa shape index (κ3) is 5.09. The third-order valence-corrected chi connectivity index (χ3v) is 4.27. The van der Waals surface area contributed by atoms with Gasteiger partial charge >= 0.3 is 0 Å². The number of rotatable bonds is 8. The van der Waals surface area contributed by atoms with Crippen LogP contribution in [-0.4, -0.2) is 25.5 Å². The zero-order chi connectivity index (χ0) is 18.9. The largest absolute Gasteiger partial charge is 0.496 e. The van der Waals surface area contributed by atoms with Gasteiger partial charge in [0.1, 0.15) is 5.75 Å². The Morgan fingerprint density at radius 3 is 2.35 bits per heavy atom. The van der Waals surface area contributed by atoms with E-state index in [1.165, 1.54) is 6.92 Å². The number of nitrogens with one attached hydrogen (secondary N) is 1. The van der Waals surface area contributed by atoms with Crippen LogP contribution in [0.1, 0.15) is 31.4 Å². The van der Waals surface area contributed by atoms with Gasteiger partial charge < -0.3 is 15.0 Å². The lowest BCUT2D eigenvalue weighted by molar-refractivity contribution is -0.121. The number of amides is 2. The van der Waals surface area contributed by atoms with Crippen LogP contribution in [0, 0.1) is 0 Å². The average Bonchev–Trinajstić information content (AvgIpc) is 2.66. The van der Waals surface area contributed by atoms with Crippen LogP contribution < -0.4 is 15.0 Å². The summed E-state index contributed by atoms with van der Waals surface area (Å²) in [5.74, 6) is 0.578. The molecule has 0 heterocycles. The second-order valence-corrected chi connectivity index (χ2v) is 5.99. The van der Waals surface area contributed by atoms with E-state index >= 15 is 0 Å². The molecule has 26 heavy (non-hydrogen) atoms. The zero-order valence-corrected chi connectivity index (χ0v) is 15.6. The monoisotopic (exact) mass is 354 g/mol. The number of benzene rings is 2. The molecule has 5 heteroatoms. The molecule has 1 N–H and O–H groups in total. The lowest BCUT2D eigenvalue weighted by Gasteiger charge is -2.23. The van der Waals surface area contributed by atoms with E-state index in [1.807, 2.05) is 48.5 Å².